The molecule has 0 saturated heterocycles. The van der Waals surface area contributed by atoms with Crippen LogP contribution in [0.3, 0.4) is 0 Å². The number of Topliss-reactive ketones (excluding diaryl/α,β-unsaturated/α-hetero) is 1. The van der Waals surface area contributed by atoms with E-state index in [9.17, 15) is 4.79 Å². The van der Waals surface area contributed by atoms with Gasteiger partial charge in [-0.1, -0.05) is 13.8 Å². The molecular weight excluding hydrogens is 264 g/mol. The van der Waals surface area contributed by atoms with Gasteiger partial charge in [-0.2, -0.15) is 0 Å². The first kappa shape index (κ1) is 16.0. The molecule has 3 nitrogen and oxygen atoms in total. The second-order valence-corrected chi connectivity index (χ2v) is 6.23. The van der Waals surface area contributed by atoms with E-state index < -0.39 is 0 Å². The van der Waals surface area contributed by atoms with Crippen molar-refractivity contribution in [3.63, 3.8) is 0 Å². The van der Waals surface area contributed by atoms with Crippen LogP contribution in [0, 0.1) is 11.8 Å². The van der Waals surface area contributed by atoms with Gasteiger partial charge in [-0.25, -0.2) is 0 Å². The molecule has 0 N–H and O–H groups in total. The van der Waals surface area contributed by atoms with E-state index in [0.717, 1.165) is 18.6 Å². The van der Waals surface area contributed by atoms with E-state index in [1.54, 1.807) is 0 Å². The first-order valence-corrected chi connectivity index (χ1v) is 7.96. The largest absolute Gasteiger partial charge is 0.494 e. The Morgan fingerprint density at radius 1 is 1.10 bits per heavy atom. The summed E-state index contributed by atoms with van der Waals surface area (Å²) in [5.74, 6) is 2.23. The maximum absolute atomic E-state index is 12.2. The molecular formula is C18H26O3. The van der Waals surface area contributed by atoms with Crippen LogP contribution in [0.2, 0.25) is 0 Å². The Balaban J connectivity index is 1.83. The summed E-state index contributed by atoms with van der Waals surface area (Å²) >= 11 is 0. The van der Waals surface area contributed by atoms with E-state index in [1.807, 2.05) is 31.2 Å². The molecule has 1 aromatic rings. The molecule has 0 spiro atoms. The molecule has 0 amide bonds. The van der Waals surface area contributed by atoms with Gasteiger partial charge in [0.1, 0.15) is 12.4 Å². The lowest BCUT2D eigenvalue weighted by Gasteiger charge is -2.31. The van der Waals surface area contributed by atoms with E-state index in [-0.39, 0.29) is 18.5 Å². The fourth-order valence-corrected chi connectivity index (χ4v) is 3.19. The highest BCUT2D eigenvalue weighted by Gasteiger charge is 2.25. The van der Waals surface area contributed by atoms with Gasteiger partial charge in [-0.3, -0.25) is 4.79 Å². The van der Waals surface area contributed by atoms with Crippen molar-refractivity contribution in [1.82, 2.24) is 0 Å². The van der Waals surface area contributed by atoms with Gasteiger partial charge >= 0.3 is 0 Å². The lowest BCUT2D eigenvalue weighted by atomic mass is 9.82. The van der Waals surface area contributed by atoms with E-state index in [4.69, 9.17) is 9.47 Å². The van der Waals surface area contributed by atoms with Crippen molar-refractivity contribution >= 4 is 5.78 Å². The minimum absolute atomic E-state index is 0.0453. The minimum Gasteiger partial charge on any atom is -0.494 e. The molecule has 0 radical (unpaired) electrons. The molecule has 0 aromatic heterocycles. The Kier molecular flexibility index (Phi) is 5.80. The molecule has 3 heteroatoms. The number of benzene rings is 1. The molecule has 0 aliphatic heterocycles. The Hall–Kier alpha value is -1.35. The van der Waals surface area contributed by atoms with Gasteiger partial charge in [0, 0.05) is 5.56 Å². The summed E-state index contributed by atoms with van der Waals surface area (Å²) in [4.78, 5) is 12.2. The van der Waals surface area contributed by atoms with Crippen LogP contribution < -0.4 is 4.74 Å². The lowest BCUT2D eigenvalue weighted by molar-refractivity contribution is 0.00562. The van der Waals surface area contributed by atoms with Crippen molar-refractivity contribution in [3.05, 3.63) is 29.8 Å². The quantitative estimate of drug-likeness (QED) is 0.740. The maximum atomic E-state index is 12.2. The van der Waals surface area contributed by atoms with Crippen LogP contribution in [0.1, 0.15) is 50.4 Å². The second kappa shape index (κ2) is 7.60. The van der Waals surface area contributed by atoms with Gasteiger partial charge in [-0.05, 0) is 62.3 Å². The van der Waals surface area contributed by atoms with Crippen molar-refractivity contribution in [3.8, 4) is 5.75 Å². The summed E-state index contributed by atoms with van der Waals surface area (Å²) in [6.45, 7) is 7.28. The molecule has 116 valence electrons. The number of hydrogen-bond donors (Lipinski definition) is 0. The molecule has 1 saturated carbocycles. The molecule has 1 aromatic carbocycles. The zero-order valence-electron chi connectivity index (χ0n) is 13.3. The topological polar surface area (TPSA) is 35.5 Å². The maximum Gasteiger partial charge on any atom is 0.188 e. The van der Waals surface area contributed by atoms with Gasteiger partial charge in [0.2, 0.25) is 0 Å². The predicted octanol–water partition coefficient (Wildman–Crippen LogP) is 4.11. The van der Waals surface area contributed by atoms with E-state index >= 15 is 0 Å². The molecule has 2 rings (SSSR count). The molecule has 0 bridgehead atoms. The first-order chi connectivity index (χ1) is 10.1. The van der Waals surface area contributed by atoms with Crippen molar-refractivity contribution in [2.24, 2.45) is 11.8 Å². The van der Waals surface area contributed by atoms with Gasteiger partial charge in [-0.15, -0.1) is 0 Å². The standard InChI is InChI=1S/C18H26O3/c1-4-20-16-7-5-15(6-8-16)18(19)12-21-17-10-13(2)9-14(3)11-17/h5-8,13-14,17H,4,9-12H2,1-3H3. The van der Waals surface area contributed by atoms with Gasteiger partial charge < -0.3 is 9.47 Å². The average molecular weight is 290 g/mol. The first-order valence-electron chi connectivity index (χ1n) is 7.96. The van der Waals surface area contributed by atoms with E-state index in [0.29, 0.717) is 24.0 Å². The van der Waals surface area contributed by atoms with Crippen molar-refractivity contribution in [2.45, 2.75) is 46.1 Å². The van der Waals surface area contributed by atoms with E-state index in [2.05, 4.69) is 13.8 Å². The highest BCUT2D eigenvalue weighted by Crippen LogP contribution is 2.30. The van der Waals surface area contributed by atoms with Crippen LogP contribution in [0.5, 0.6) is 5.75 Å². The summed E-state index contributed by atoms with van der Waals surface area (Å²) in [5, 5.41) is 0. The number of rotatable bonds is 6. The Morgan fingerprint density at radius 2 is 1.71 bits per heavy atom. The highest BCUT2D eigenvalue weighted by atomic mass is 16.5. The van der Waals surface area contributed by atoms with Crippen LogP contribution >= 0.6 is 0 Å². The molecule has 1 fully saturated rings. The fourth-order valence-electron chi connectivity index (χ4n) is 3.19. The second-order valence-electron chi connectivity index (χ2n) is 6.23. The van der Waals surface area contributed by atoms with Crippen LogP contribution in [0.4, 0.5) is 0 Å². The van der Waals surface area contributed by atoms with Crippen LogP contribution in [-0.4, -0.2) is 25.1 Å². The number of carbonyl (C=O) groups excluding carboxylic acids is 1. The van der Waals surface area contributed by atoms with Crippen molar-refractivity contribution < 1.29 is 14.3 Å². The summed E-state index contributed by atoms with van der Waals surface area (Å²) < 4.78 is 11.2. The Morgan fingerprint density at radius 3 is 2.29 bits per heavy atom. The van der Waals surface area contributed by atoms with Gasteiger partial charge in [0.15, 0.2) is 5.78 Å². The van der Waals surface area contributed by atoms with Gasteiger partial charge in [0.25, 0.3) is 0 Å². The molecule has 21 heavy (non-hydrogen) atoms. The number of hydrogen-bond acceptors (Lipinski definition) is 3. The molecule has 0 heterocycles. The third-order valence-corrected chi connectivity index (χ3v) is 4.07. The predicted molar refractivity (Wildman–Crippen MR) is 83.9 cm³/mol. The summed E-state index contributed by atoms with van der Waals surface area (Å²) in [5.41, 5.74) is 0.690. The zero-order chi connectivity index (χ0) is 15.2. The van der Waals surface area contributed by atoms with Crippen molar-refractivity contribution in [2.75, 3.05) is 13.2 Å². The summed E-state index contributed by atoms with van der Waals surface area (Å²) in [6.07, 6.45) is 3.64. The SMILES string of the molecule is CCOc1ccc(C(=O)COC2CC(C)CC(C)C2)cc1. The summed E-state index contributed by atoms with van der Waals surface area (Å²) in [7, 11) is 0. The van der Waals surface area contributed by atoms with Crippen LogP contribution in [0.25, 0.3) is 0 Å². The van der Waals surface area contributed by atoms with Crippen LogP contribution in [0.15, 0.2) is 24.3 Å². The number of carbonyl (C=O) groups is 1. The lowest BCUT2D eigenvalue weighted by Crippen LogP contribution is -2.28. The number of ketones is 1. The third kappa shape index (κ3) is 4.85. The number of ether oxygens (including phenoxy) is 2. The van der Waals surface area contributed by atoms with Gasteiger partial charge in [0.05, 0.1) is 12.7 Å². The fraction of sp³-hybridized carbons (Fsp3) is 0.611. The Bertz CT molecular complexity index is 442. The monoisotopic (exact) mass is 290 g/mol. The average Bonchev–Trinajstić information content (AvgIpc) is 2.45. The molecule has 1 aliphatic rings. The molecule has 2 unspecified atom stereocenters. The smallest absolute Gasteiger partial charge is 0.188 e. The minimum atomic E-state index is 0.0453. The highest BCUT2D eigenvalue weighted by molar-refractivity contribution is 5.97. The zero-order valence-corrected chi connectivity index (χ0v) is 13.3. The molecule has 2 atom stereocenters. The summed E-state index contributed by atoms with van der Waals surface area (Å²) in [6, 6.07) is 7.29. The normalized spacial score (nSPS) is 25.6. The van der Waals surface area contributed by atoms with Crippen molar-refractivity contribution in [1.29, 1.82) is 0 Å². The molecule has 1 aliphatic carbocycles. The van der Waals surface area contributed by atoms with Crippen LogP contribution in [-0.2, 0) is 4.74 Å². The van der Waals surface area contributed by atoms with E-state index in [1.165, 1.54) is 6.42 Å². The third-order valence-electron chi connectivity index (χ3n) is 4.07. The Labute approximate surface area is 127 Å².